The minimum atomic E-state index is -0.960. The molecule has 1 fully saturated rings. The number of rotatable bonds is 5. The third kappa shape index (κ3) is 5.34. The summed E-state index contributed by atoms with van der Waals surface area (Å²) in [6.07, 6.45) is -0.576. The first-order chi connectivity index (χ1) is 9.23. The van der Waals surface area contributed by atoms with Gasteiger partial charge in [0.1, 0.15) is 0 Å². The van der Waals surface area contributed by atoms with E-state index in [0.29, 0.717) is 19.7 Å². The van der Waals surface area contributed by atoms with E-state index < -0.39 is 17.7 Å². The van der Waals surface area contributed by atoms with Crippen molar-refractivity contribution in [2.75, 3.05) is 32.8 Å². The second kappa shape index (κ2) is 6.90. The van der Waals surface area contributed by atoms with Crippen LogP contribution in [0.15, 0.2) is 0 Å². The molecule has 1 saturated heterocycles. The van der Waals surface area contributed by atoms with Crippen molar-refractivity contribution < 1.29 is 24.5 Å². The molecule has 7 nitrogen and oxygen atoms in total. The Labute approximate surface area is 119 Å². The molecule has 0 spiro atoms. The van der Waals surface area contributed by atoms with E-state index in [0.717, 1.165) is 0 Å². The number of hydrogen-bond donors (Lipinski definition) is 2. The molecule has 0 radical (unpaired) electrons. The van der Waals surface area contributed by atoms with E-state index in [-0.39, 0.29) is 25.5 Å². The smallest absolute Gasteiger partial charge is 0.320 e. The molecule has 0 bridgehead atoms. The summed E-state index contributed by atoms with van der Waals surface area (Å²) >= 11 is 0. The van der Waals surface area contributed by atoms with Crippen molar-refractivity contribution >= 4 is 12.0 Å². The van der Waals surface area contributed by atoms with Gasteiger partial charge in [-0.15, -0.1) is 0 Å². The molecule has 0 aromatic carbocycles. The molecular weight excluding hydrogens is 264 g/mol. The van der Waals surface area contributed by atoms with E-state index in [1.165, 1.54) is 0 Å². The van der Waals surface area contributed by atoms with E-state index in [1.807, 2.05) is 6.92 Å². The lowest BCUT2D eigenvalue weighted by Gasteiger charge is -2.37. The van der Waals surface area contributed by atoms with Gasteiger partial charge in [0.15, 0.2) is 0 Å². The van der Waals surface area contributed by atoms with Crippen molar-refractivity contribution in [3.05, 3.63) is 0 Å². The monoisotopic (exact) mass is 288 g/mol. The molecule has 1 rings (SSSR count). The number of ether oxygens (including phenoxy) is 1. The van der Waals surface area contributed by atoms with Gasteiger partial charge in [0.05, 0.1) is 31.3 Å². The van der Waals surface area contributed by atoms with E-state index >= 15 is 0 Å². The predicted octanol–water partition coefficient (Wildman–Crippen LogP) is 0.375. The summed E-state index contributed by atoms with van der Waals surface area (Å²) in [4.78, 5) is 26.2. The maximum atomic E-state index is 12.4. The molecule has 1 unspecified atom stereocenters. The number of carbonyl (C=O) groups excluding carboxylic acids is 1. The zero-order valence-electron chi connectivity index (χ0n) is 12.3. The molecule has 1 heterocycles. The number of urea groups is 1. The molecular formula is C13H24N2O5. The van der Waals surface area contributed by atoms with E-state index in [2.05, 4.69) is 0 Å². The van der Waals surface area contributed by atoms with Gasteiger partial charge < -0.3 is 24.7 Å². The molecule has 0 aromatic heterocycles. The van der Waals surface area contributed by atoms with Crippen LogP contribution in [0.3, 0.4) is 0 Å². The van der Waals surface area contributed by atoms with E-state index in [1.54, 1.807) is 23.6 Å². The molecule has 7 heteroatoms. The molecule has 1 aliphatic heterocycles. The van der Waals surface area contributed by atoms with Crippen LogP contribution in [0.25, 0.3) is 0 Å². The van der Waals surface area contributed by atoms with Crippen LogP contribution in [0, 0.1) is 0 Å². The summed E-state index contributed by atoms with van der Waals surface area (Å²) in [5, 5.41) is 18.6. The Morgan fingerprint density at radius 1 is 1.45 bits per heavy atom. The number of morpholine rings is 1. The minimum Gasteiger partial charge on any atom is -0.481 e. The Bertz CT molecular complexity index is 353. The molecule has 116 valence electrons. The maximum Gasteiger partial charge on any atom is 0.320 e. The largest absolute Gasteiger partial charge is 0.481 e. The lowest BCUT2D eigenvalue weighted by molar-refractivity contribution is -0.141. The Kier molecular flexibility index (Phi) is 5.76. The Hall–Kier alpha value is -1.34. The quantitative estimate of drug-likeness (QED) is 0.763. The number of hydrogen-bond acceptors (Lipinski definition) is 4. The van der Waals surface area contributed by atoms with Crippen LogP contribution in [0.4, 0.5) is 4.79 Å². The summed E-state index contributed by atoms with van der Waals surface area (Å²) in [6, 6.07) is -0.187. The summed E-state index contributed by atoms with van der Waals surface area (Å²) in [6.45, 7) is 6.92. The number of likely N-dealkylation sites (N-methyl/N-ethyl adjacent to an activating group) is 1. The van der Waals surface area contributed by atoms with Crippen molar-refractivity contribution in [1.82, 2.24) is 9.80 Å². The summed E-state index contributed by atoms with van der Waals surface area (Å²) < 4.78 is 5.34. The first kappa shape index (κ1) is 16.7. The summed E-state index contributed by atoms with van der Waals surface area (Å²) in [5.74, 6) is -0.937. The van der Waals surface area contributed by atoms with Gasteiger partial charge in [-0.25, -0.2) is 4.79 Å². The summed E-state index contributed by atoms with van der Waals surface area (Å²) in [7, 11) is 0. The van der Waals surface area contributed by atoms with Crippen LogP contribution in [0.5, 0.6) is 0 Å². The molecule has 1 atom stereocenters. The molecule has 1 aliphatic rings. The number of carboxylic acids is 1. The fourth-order valence-electron chi connectivity index (χ4n) is 2.19. The average Bonchev–Trinajstić information content (AvgIpc) is 2.33. The Morgan fingerprint density at radius 3 is 2.60 bits per heavy atom. The van der Waals surface area contributed by atoms with Gasteiger partial charge in [0.2, 0.25) is 0 Å². The van der Waals surface area contributed by atoms with Gasteiger partial charge in [-0.3, -0.25) is 4.79 Å². The molecule has 20 heavy (non-hydrogen) atoms. The zero-order chi connectivity index (χ0) is 15.3. The van der Waals surface area contributed by atoms with Crippen molar-refractivity contribution in [3.8, 4) is 0 Å². The van der Waals surface area contributed by atoms with Gasteiger partial charge in [-0.1, -0.05) is 0 Å². The Balaban J connectivity index is 2.62. The second-order valence-electron chi connectivity index (χ2n) is 5.65. The third-order valence-electron chi connectivity index (χ3n) is 3.04. The number of nitrogens with zero attached hydrogens (tertiary/aromatic N) is 2. The molecule has 2 amide bonds. The van der Waals surface area contributed by atoms with Gasteiger partial charge in [0, 0.05) is 19.6 Å². The summed E-state index contributed by atoms with van der Waals surface area (Å²) in [5.41, 5.74) is -0.960. The van der Waals surface area contributed by atoms with Gasteiger partial charge in [-0.05, 0) is 20.8 Å². The van der Waals surface area contributed by atoms with Crippen LogP contribution >= 0.6 is 0 Å². The van der Waals surface area contributed by atoms with Crippen LogP contribution in [0.1, 0.15) is 27.2 Å². The minimum absolute atomic E-state index is 0.110. The predicted molar refractivity (Wildman–Crippen MR) is 72.5 cm³/mol. The topological polar surface area (TPSA) is 90.3 Å². The van der Waals surface area contributed by atoms with Crippen molar-refractivity contribution in [2.24, 2.45) is 0 Å². The number of amides is 2. The van der Waals surface area contributed by atoms with Gasteiger partial charge in [0.25, 0.3) is 0 Å². The van der Waals surface area contributed by atoms with Crippen molar-refractivity contribution in [2.45, 2.75) is 38.9 Å². The van der Waals surface area contributed by atoms with Crippen LogP contribution in [-0.4, -0.2) is 76.5 Å². The third-order valence-corrected chi connectivity index (χ3v) is 3.04. The highest BCUT2D eigenvalue weighted by atomic mass is 16.5. The first-order valence-corrected chi connectivity index (χ1v) is 6.82. The standard InChI is InChI=1S/C13H24N2O5/c1-4-14(9-13(2,3)19)12(18)15-5-6-20-10(8-15)7-11(16)17/h10,19H,4-9H2,1-3H3,(H,16,17). The molecule has 0 saturated carbocycles. The fourth-order valence-corrected chi connectivity index (χ4v) is 2.19. The van der Waals surface area contributed by atoms with Crippen LogP contribution in [-0.2, 0) is 9.53 Å². The number of aliphatic carboxylic acids is 1. The first-order valence-electron chi connectivity index (χ1n) is 6.82. The van der Waals surface area contributed by atoms with Crippen molar-refractivity contribution in [3.63, 3.8) is 0 Å². The lowest BCUT2D eigenvalue weighted by atomic mass is 10.1. The van der Waals surface area contributed by atoms with Crippen LogP contribution in [0.2, 0.25) is 0 Å². The van der Waals surface area contributed by atoms with Crippen LogP contribution < -0.4 is 0 Å². The number of carbonyl (C=O) groups is 2. The van der Waals surface area contributed by atoms with Crippen molar-refractivity contribution in [1.29, 1.82) is 0 Å². The van der Waals surface area contributed by atoms with E-state index in [9.17, 15) is 14.7 Å². The maximum absolute atomic E-state index is 12.4. The number of aliphatic hydroxyl groups is 1. The SMILES string of the molecule is CCN(CC(C)(C)O)C(=O)N1CCOC(CC(=O)O)C1. The Morgan fingerprint density at radius 2 is 2.10 bits per heavy atom. The highest BCUT2D eigenvalue weighted by Gasteiger charge is 2.30. The average molecular weight is 288 g/mol. The molecule has 0 aliphatic carbocycles. The van der Waals surface area contributed by atoms with Gasteiger partial charge in [-0.2, -0.15) is 0 Å². The number of carboxylic acid groups (broad SMARTS) is 1. The molecule has 0 aromatic rings. The van der Waals surface area contributed by atoms with Gasteiger partial charge >= 0.3 is 12.0 Å². The normalized spacial score (nSPS) is 19.8. The second-order valence-corrected chi connectivity index (χ2v) is 5.65. The fraction of sp³-hybridized carbons (Fsp3) is 0.846. The van der Waals surface area contributed by atoms with E-state index in [4.69, 9.17) is 9.84 Å². The molecule has 2 N–H and O–H groups in total. The lowest BCUT2D eigenvalue weighted by Crippen LogP contribution is -2.53. The highest BCUT2D eigenvalue weighted by Crippen LogP contribution is 2.13. The highest BCUT2D eigenvalue weighted by molar-refractivity contribution is 5.75. The zero-order valence-corrected chi connectivity index (χ0v) is 12.3.